The van der Waals surface area contributed by atoms with Crippen LogP contribution in [0.2, 0.25) is 0 Å². The zero-order chi connectivity index (χ0) is 33.9. The van der Waals surface area contributed by atoms with E-state index < -0.39 is 17.7 Å². The molecule has 0 spiro atoms. The van der Waals surface area contributed by atoms with Crippen LogP contribution in [0.15, 0.2) is 72.8 Å². The third kappa shape index (κ3) is 9.19. The van der Waals surface area contributed by atoms with Crippen molar-refractivity contribution in [2.75, 3.05) is 53.7 Å². The molecule has 0 saturated carbocycles. The van der Waals surface area contributed by atoms with Gasteiger partial charge in [0.15, 0.2) is 11.6 Å². The molecular formula is C37H43F2NO8. The number of hydrogen-bond acceptors (Lipinski definition) is 9. The zero-order valence-electron chi connectivity index (χ0n) is 27.2. The van der Waals surface area contributed by atoms with Crippen LogP contribution in [0.25, 0.3) is 10.8 Å². The molecule has 1 aliphatic rings. The topological polar surface area (TPSA) is 108 Å². The summed E-state index contributed by atoms with van der Waals surface area (Å²) in [6, 6.07) is 22.0. The van der Waals surface area contributed by atoms with Gasteiger partial charge in [-0.1, -0.05) is 36.4 Å². The molecule has 9 nitrogen and oxygen atoms in total. The van der Waals surface area contributed by atoms with Crippen LogP contribution >= 0.6 is 0 Å². The maximum absolute atomic E-state index is 13.6. The number of ether oxygens (including phenoxy) is 6. The van der Waals surface area contributed by atoms with Gasteiger partial charge in [-0.15, -0.1) is 0 Å². The summed E-state index contributed by atoms with van der Waals surface area (Å²) in [6.45, 7) is 1.98. The first-order valence-corrected chi connectivity index (χ1v) is 16.0. The first kappa shape index (κ1) is 35.5. The Balaban J connectivity index is 1.20. The second kappa shape index (κ2) is 17.5. The van der Waals surface area contributed by atoms with Gasteiger partial charge in [0.2, 0.25) is 0 Å². The van der Waals surface area contributed by atoms with Gasteiger partial charge in [0.1, 0.15) is 23.4 Å². The lowest BCUT2D eigenvalue weighted by atomic mass is 9.85. The number of aliphatic hydroxyl groups is 2. The number of rotatable bonds is 17. The van der Waals surface area contributed by atoms with Crippen molar-refractivity contribution in [2.24, 2.45) is 0 Å². The molecule has 1 aliphatic heterocycles. The SMILES string of the molecule is COc1cc(F)c(F)cc1COCCCOc1ccc([C@@H]2[C@@H](OCc3cc(OC)c4ccccc4c3)CNC[C@H]2OCC(O)CO)cc1. The lowest BCUT2D eigenvalue weighted by Gasteiger charge is -2.39. The van der Waals surface area contributed by atoms with E-state index in [4.69, 9.17) is 28.4 Å². The summed E-state index contributed by atoms with van der Waals surface area (Å²) in [6.07, 6.45) is -0.950. The molecule has 0 aliphatic carbocycles. The Bertz CT molecular complexity index is 1600. The van der Waals surface area contributed by atoms with Gasteiger partial charge in [-0.2, -0.15) is 0 Å². The van der Waals surface area contributed by atoms with E-state index >= 15 is 0 Å². The third-order valence-corrected chi connectivity index (χ3v) is 8.32. The van der Waals surface area contributed by atoms with Crippen molar-refractivity contribution in [3.63, 3.8) is 0 Å². The van der Waals surface area contributed by atoms with Crippen LogP contribution in [-0.2, 0) is 27.4 Å². The van der Waals surface area contributed by atoms with Crippen LogP contribution in [0.3, 0.4) is 0 Å². The molecule has 11 heteroatoms. The standard InChI is InChI=1S/C37H43F2NO8/c1-43-33-17-32(39)31(38)16-27(33)22-45-12-5-13-46-29-10-8-25(9-11-29)37-35(18-40-19-36(37)48-23-28(42)20-41)47-21-24-14-26-6-3-4-7-30(26)34(15-24)44-2/h3-4,6-11,14-17,28,35-37,40-42H,5,12-13,18-23H2,1-2H3/t28?,35-,36+,37+/m0/s1. The van der Waals surface area contributed by atoms with E-state index in [0.29, 0.717) is 50.6 Å². The van der Waals surface area contributed by atoms with Crippen LogP contribution in [0, 0.1) is 11.6 Å². The van der Waals surface area contributed by atoms with Crippen molar-refractivity contribution in [1.29, 1.82) is 0 Å². The summed E-state index contributed by atoms with van der Waals surface area (Å²) in [5, 5.41) is 24.8. The largest absolute Gasteiger partial charge is 0.496 e. The third-order valence-electron chi connectivity index (χ3n) is 8.32. The van der Waals surface area contributed by atoms with Gasteiger partial charge in [-0.05, 0) is 46.8 Å². The Morgan fingerprint density at radius 3 is 2.31 bits per heavy atom. The van der Waals surface area contributed by atoms with E-state index in [1.807, 2.05) is 54.6 Å². The Morgan fingerprint density at radius 1 is 0.833 bits per heavy atom. The summed E-state index contributed by atoms with van der Waals surface area (Å²) in [5.74, 6) is -0.370. The minimum Gasteiger partial charge on any atom is -0.496 e. The van der Waals surface area contributed by atoms with E-state index in [1.165, 1.54) is 7.11 Å². The van der Waals surface area contributed by atoms with E-state index in [-0.39, 0.29) is 43.7 Å². The number of aliphatic hydroxyl groups excluding tert-OH is 2. The van der Waals surface area contributed by atoms with Crippen LogP contribution in [0.5, 0.6) is 17.2 Å². The Kier molecular flexibility index (Phi) is 12.9. The van der Waals surface area contributed by atoms with Gasteiger partial charge in [-0.3, -0.25) is 0 Å². The highest BCUT2D eigenvalue weighted by Crippen LogP contribution is 2.33. The van der Waals surface area contributed by atoms with Crippen LogP contribution in [-0.4, -0.2) is 82.3 Å². The van der Waals surface area contributed by atoms with Crippen molar-refractivity contribution in [1.82, 2.24) is 5.32 Å². The Labute approximate surface area is 279 Å². The van der Waals surface area contributed by atoms with E-state index in [1.54, 1.807) is 7.11 Å². The van der Waals surface area contributed by atoms with Crippen molar-refractivity contribution in [2.45, 2.75) is 43.9 Å². The molecule has 48 heavy (non-hydrogen) atoms. The maximum atomic E-state index is 13.6. The molecule has 5 rings (SSSR count). The van der Waals surface area contributed by atoms with Gasteiger partial charge in [0.25, 0.3) is 0 Å². The molecule has 3 N–H and O–H groups in total. The van der Waals surface area contributed by atoms with Crippen molar-refractivity contribution in [3.8, 4) is 17.2 Å². The Hall–Kier alpha value is -3.84. The lowest BCUT2D eigenvalue weighted by Crippen LogP contribution is -2.51. The number of hydrogen-bond donors (Lipinski definition) is 3. The molecule has 1 fully saturated rings. The highest BCUT2D eigenvalue weighted by Gasteiger charge is 2.36. The van der Waals surface area contributed by atoms with Crippen LogP contribution in [0.4, 0.5) is 8.78 Å². The summed E-state index contributed by atoms with van der Waals surface area (Å²) < 4.78 is 62.0. The quantitative estimate of drug-likeness (QED) is 0.132. The molecule has 0 aromatic heterocycles. The highest BCUT2D eigenvalue weighted by molar-refractivity contribution is 5.89. The molecule has 4 aromatic rings. The minimum absolute atomic E-state index is 0.0000865. The number of halogens is 2. The predicted octanol–water partition coefficient (Wildman–Crippen LogP) is 5.13. The number of fused-ring (bicyclic) bond motifs is 1. The minimum atomic E-state index is -0.976. The number of nitrogens with one attached hydrogen (secondary N) is 1. The fourth-order valence-corrected chi connectivity index (χ4v) is 5.89. The monoisotopic (exact) mass is 667 g/mol. The fourth-order valence-electron chi connectivity index (χ4n) is 5.89. The zero-order valence-corrected chi connectivity index (χ0v) is 27.2. The summed E-state index contributed by atoms with van der Waals surface area (Å²) in [4.78, 5) is 0. The molecule has 1 heterocycles. The first-order valence-electron chi connectivity index (χ1n) is 16.0. The van der Waals surface area contributed by atoms with E-state index in [9.17, 15) is 19.0 Å². The highest BCUT2D eigenvalue weighted by atomic mass is 19.2. The summed E-state index contributed by atoms with van der Waals surface area (Å²) >= 11 is 0. The molecule has 1 saturated heterocycles. The molecular weight excluding hydrogens is 624 g/mol. The normalized spacial score (nSPS) is 18.5. The van der Waals surface area contributed by atoms with Gasteiger partial charge in [0.05, 0.1) is 66.1 Å². The first-order chi connectivity index (χ1) is 23.4. The maximum Gasteiger partial charge on any atom is 0.162 e. The smallest absolute Gasteiger partial charge is 0.162 e. The molecule has 0 bridgehead atoms. The van der Waals surface area contributed by atoms with E-state index in [2.05, 4.69) is 11.4 Å². The van der Waals surface area contributed by atoms with Crippen LogP contribution < -0.4 is 19.5 Å². The van der Waals surface area contributed by atoms with Crippen molar-refractivity contribution in [3.05, 3.63) is 101 Å². The number of methoxy groups -OCH3 is 2. The average molecular weight is 668 g/mol. The predicted molar refractivity (Wildman–Crippen MR) is 177 cm³/mol. The average Bonchev–Trinajstić information content (AvgIpc) is 3.12. The second-order valence-corrected chi connectivity index (χ2v) is 11.7. The van der Waals surface area contributed by atoms with Crippen LogP contribution in [0.1, 0.15) is 29.0 Å². The van der Waals surface area contributed by atoms with Gasteiger partial charge in [-0.25, -0.2) is 8.78 Å². The molecule has 0 radical (unpaired) electrons. The van der Waals surface area contributed by atoms with Gasteiger partial charge in [0, 0.05) is 42.4 Å². The number of benzene rings is 4. The Morgan fingerprint density at radius 2 is 1.56 bits per heavy atom. The van der Waals surface area contributed by atoms with E-state index in [0.717, 1.165) is 39.8 Å². The fraction of sp³-hybridized carbons (Fsp3) is 0.405. The molecule has 4 atom stereocenters. The van der Waals surface area contributed by atoms with Crippen molar-refractivity contribution < 1.29 is 47.4 Å². The molecule has 1 unspecified atom stereocenters. The molecule has 0 amide bonds. The summed E-state index contributed by atoms with van der Waals surface area (Å²) in [5.41, 5.74) is 2.41. The van der Waals surface area contributed by atoms with Crippen molar-refractivity contribution >= 4 is 10.8 Å². The molecule has 258 valence electrons. The number of piperidine rings is 1. The lowest BCUT2D eigenvalue weighted by molar-refractivity contribution is -0.0833. The van der Waals surface area contributed by atoms with Gasteiger partial charge >= 0.3 is 0 Å². The second-order valence-electron chi connectivity index (χ2n) is 11.7. The summed E-state index contributed by atoms with van der Waals surface area (Å²) in [7, 11) is 3.06. The van der Waals surface area contributed by atoms with Gasteiger partial charge < -0.3 is 44.0 Å². The molecule has 4 aromatic carbocycles.